The highest BCUT2D eigenvalue weighted by Crippen LogP contribution is 2.41. The molecule has 0 unspecified atom stereocenters. The van der Waals surface area contributed by atoms with Crippen molar-refractivity contribution in [3.05, 3.63) is 78.1 Å². The molecule has 0 radical (unpaired) electrons. The molecular formula is C41H54N4O6. The summed E-state index contributed by atoms with van der Waals surface area (Å²) in [6.07, 6.45) is 15.1. The Kier molecular flexibility index (Phi) is 16.4. The monoisotopic (exact) mass is 698 g/mol. The molecule has 3 aromatic carbocycles. The number of nitrogens with zero attached hydrogens (tertiary/aromatic N) is 3. The Labute approximate surface area is 302 Å². The molecule has 2 N–H and O–H groups in total. The maximum Gasteiger partial charge on any atom is 0.328 e. The van der Waals surface area contributed by atoms with E-state index in [2.05, 4.69) is 34.0 Å². The van der Waals surface area contributed by atoms with Crippen molar-refractivity contribution < 1.29 is 28.8 Å². The van der Waals surface area contributed by atoms with Crippen LogP contribution in [-0.4, -0.2) is 66.4 Å². The third kappa shape index (κ3) is 12.5. The summed E-state index contributed by atoms with van der Waals surface area (Å²) in [6, 6.07) is 17.1. The van der Waals surface area contributed by atoms with Crippen LogP contribution in [0.5, 0.6) is 23.0 Å². The summed E-state index contributed by atoms with van der Waals surface area (Å²) in [7, 11) is 3.18. The first-order valence-electron chi connectivity index (χ1n) is 18.2. The quantitative estimate of drug-likeness (QED) is 0.0542. The van der Waals surface area contributed by atoms with Crippen LogP contribution in [0.1, 0.15) is 82.8 Å². The van der Waals surface area contributed by atoms with Gasteiger partial charge >= 0.3 is 5.97 Å². The van der Waals surface area contributed by atoms with Crippen LogP contribution in [0.15, 0.2) is 67.0 Å². The highest BCUT2D eigenvalue weighted by molar-refractivity contribution is 5.94. The fourth-order valence-corrected chi connectivity index (χ4v) is 5.90. The van der Waals surface area contributed by atoms with Crippen LogP contribution in [0.25, 0.3) is 17.0 Å². The van der Waals surface area contributed by atoms with Crippen molar-refractivity contribution in [2.45, 2.75) is 78.2 Å². The minimum absolute atomic E-state index is 0.296. The average Bonchev–Trinajstić information content (AvgIpc) is 3.15. The normalized spacial score (nSPS) is 11.3. The summed E-state index contributed by atoms with van der Waals surface area (Å²) in [4.78, 5) is 23.0. The molecule has 10 heteroatoms. The molecule has 0 aliphatic heterocycles. The SMILES string of the molecule is CCCCCCN(CCCCCC)CCCOc1cc2c(Nc3cc(/C=C/C(=O)O)cc(OC)c3OCc3ccccc3)ncnc2cc1OC. The van der Waals surface area contributed by atoms with Crippen LogP contribution < -0.4 is 24.3 Å². The van der Waals surface area contributed by atoms with Gasteiger partial charge in [0.25, 0.3) is 0 Å². The molecule has 0 spiro atoms. The lowest BCUT2D eigenvalue weighted by Gasteiger charge is -2.22. The van der Waals surface area contributed by atoms with E-state index < -0.39 is 5.97 Å². The Morgan fingerprint density at radius 1 is 0.804 bits per heavy atom. The van der Waals surface area contributed by atoms with Crippen molar-refractivity contribution in [3.63, 3.8) is 0 Å². The van der Waals surface area contributed by atoms with Crippen molar-refractivity contribution in [1.29, 1.82) is 0 Å². The molecular weight excluding hydrogens is 644 g/mol. The summed E-state index contributed by atoms with van der Waals surface area (Å²) >= 11 is 0. The van der Waals surface area contributed by atoms with Gasteiger partial charge in [0, 0.05) is 24.1 Å². The summed E-state index contributed by atoms with van der Waals surface area (Å²) in [5, 5.41) is 13.4. The number of ether oxygens (including phenoxy) is 4. The van der Waals surface area contributed by atoms with Crippen molar-refractivity contribution in [1.82, 2.24) is 14.9 Å². The van der Waals surface area contributed by atoms with Crippen LogP contribution in [-0.2, 0) is 11.4 Å². The zero-order chi connectivity index (χ0) is 36.3. The van der Waals surface area contributed by atoms with Gasteiger partial charge in [0.2, 0.25) is 0 Å². The third-order valence-corrected chi connectivity index (χ3v) is 8.65. The number of methoxy groups -OCH3 is 2. The number of unbranched alkanes of at least 4 members (excludes halogenated alkanes) is 6. The van der Waals surface area contributed by atoms with Crippen LogP contribution in [0, 0.1) is 0 Å². The van der Waals surface area contributed by atoms with E-state index in [-0.39, 0.29) is 0 Å². The van der Waals surface area contributed by atoms with Gasteiger partial charge < -0.3 is 34.3 Å². The van der Waals surface area contributed by atoms with E-state index in [9.17, 15) is 9.90 Å². The number of aromatic nitrogens is 2. The molecule has 0 aliphatic carbocycles. The minimum Gasteiger partial charge on any atom is -0.493 e. The Morgan fingerprint density at radius 2 is 1.51 bits per heavy atom. The first-order valence-corrected chi connectivity index (χ1v) is 18.2. The number of hydrogen-bond acceptors (Lipinski definition) is 9. The molecule has 274 valence electrons. The molecule has 1 heterocycles. The van der Waals surface area contributed by atoms with Crippen molar-refractivity contribution in [2.24, 2.45) is 0 Å². The first kappa shape index (κ1) is 39.0. The van der Waals surface area contributed by atoms with E-state index in [1.54, 1.807) is 26.4 Å². The Morgan fingerprint density at radius 3 is 2.18 bits per heavy atom. The standard InChI is InChI=1S/C41H54N4O6/c1-5-7-9-14-21-45(22-15-10-8-6-2)23-16-24-50-37-27-33-34(28-36(37)48-3)42-30-43-41(33)44-35-25-32(19-20-39(46)47)26-38(49-4)40(35)51-29-31-17-12-11-13-18-31/h11-13,17-20,25-28,30H,5-10,14-16,21-24,29H2,1-4H3,(H,46,47)(H,42,43,44)/b20-19+. The van der Waals surface area contributed by atoms with Gasteiger partial charge in [-0.1, -0.05) is 82.7 Å². The van der Waals surface area contributed by atoms with E-state index in [1.807, 2.05) is 42.5 Å². The van der Waals surface area contributed by atoms with Gasteiger partial charge in [-0.25, -0.2) is 14.8 Å². The first-order chi connectivity index (χ1) is 24.9. The number of carbonyl (C=O) groups is 1. The van der Waals surface area contributed by atoms with Gasteiger partial charge in [-0.3, -0.25) is 0 Å². The van der Waals surface area contributed by atoms with Crippen molar-refractivity contribution in [3.8, 4) is 23.0 Å². The molecule has 1 aromatic heterocycles. The molecule has 10 nitrogen and oxygen atoms in total. The summed E-state index contributed by atoms with van der Waals surface area (Å²) in [5.41, 5.74) is 2.81. The lowest BCUT2D eigenvalue weighted by molar-refractivity contribution is -0.131. The maximum atomic E-state index is 11.3. The number of aliphatic carboxylic acids is 1. The molecule has 4 aromatic rings. The minimum atomic E-state index is -1.05. The van der Waals surface area contributed by atoms with E-state index in [1.165, 1.54) is 63.8 Å². The number of carboxylic acid groups (broad SMARTS) is 1. The molecule has 4 rings (SSSR count). The van der Waals surface area contributed by atoms with E-state index in [4.69, 9.17) is 18.9 Å². The smallest absolute Gasteiger partial charge is 0.328 e. The molecule has 0 aliphatic rings. The molecule has 51 heavy (non-hydrogen) atoms. The van der Waals surface area contributed by atoms with E-state index >= 15 is 0 Å². The lowest BCUT2D eigenvalue weighted by atomic mass is 10.1. The van der Waals surface area contributed by atoms with Gasteiger partial charge in [0.1, 0.15) is 18.8 Å². The van der Waals surface area contributed by atoms with E-state index in [0.717, 1.165) is 43.1 Å². The van der Waals surface area contributed by atoms with Crippen molar-refractivity contribution >= 4 is 34.5 Å². The summed E-state index contributed by atoms with van der Waals surface area (Å²) in [6.45, 7) is 8.60. The van der Waals surface area contributed by atoms with Crippen LogP contribution in [0.2, 0.25) is 0 Å². The third-order valence-electron chi connectivity index (χ3n) is 8.65. The number of nitrogens with one attached hydrogen (secondary N) is 1. The lowest BCUT2D eigenvalue weighted by Crippen LogP contribution is -2.28. The van der Waals surface area contributed by atoms with Gasteiger partial charge in [-0.2, -0.15) is 0 Å². The van der Waals surface area contributed by atoms with Gasteiger partial charge in [0.05, 0.1) is 32.0 Å². The summed E-state index contributed by atoms with van der Waals surface area (Å²) in [5.74, 6) is 1.56. The number of hydrogen-bond donors (Lipinski definition) is 2. The Balaban J connectivity index is 1.57. The second kappa shape index (κ2) is 21.4. The molecule has 0 saturated heterocycles. The zero-order valence-corrected chi connectivity index (χ0v) is 30.7. The predicted octanol–water partition coefficient (Wildman–Crippen LogP) is 9.30. The molecule has 0 saturated carbocycles. The van der Waals surface area contributed by atoms with E-state index in [0.29, 0.717) is 58.8 Å². The van der Waals surface area contributed by atoms with Crippen LogP contribution >= 0.6 is 0 Å². The number of carboxylic acids is 1. The molecule has 0 atom stereocenters. The number of anilines is 2. The van der Waals surface area contributed by atoms with Gasteiger partial charge in [0.15, 0.2) is 23.0 Å². The number of rotatable bonds is 24. The Hall–Kier alpha value is -4.83. The topological polar surface area (TPSA) is 115 Å². The largest absolute Gasteiger partial charge is 0.493 e. The highest BCUT2D eigenvalue weighted by atomic mass is 16.5. The molecule has 0 amide bonds. The number of fused-ring (bicyclic) bond motifs is 1. The zero-order valence-electron chi connectivity index (χ0n) is 30.7. The van der Waals surface area contributed by atoms with Gasteiger partial charge in [-0.05, 0) is 67.8 Å². The summed E-state index contributed by atoms with van der Waals surface area (Å²) < 4.78 is 24.1. The Bertz CT molecular complexity index is 1670. The van der Waals surface area contributed by atoms with Crippen LogP contribution in [0.4, 0.5) is 11.5 Å². The average molecular weight is 699 g/mol. The van der Waals surface area contributed by atoms with Crippen molar-refractivity contribution in [2.75, 3.05) is 45.8 Å². The fourth-order valence-electron chi connectivity index (χ4n) is 5.90. The maximum absolute atomic E-state index is 11.3. The second-order valence-corrected chi connectivity index (χ2v) is 12.6. The fraction of sp³-hybridized carbons (Fsp3) is 0.439. The highest BCUT2D eigenvalue weighted by Gasteiger charge is 2.18. The second-order valence-electron chi connectivity index (χ2n) is 12.6. The molecule has 0 bridgehead atoms. The van der Waals surface area contributed by atoms with Crippen LogP contribution in [0.3, 0.4) is 0 Å². The number of benzene rings is 3. The predicted molar refractivity (Wildman–Crippen MR) is 205 cm³/mol. The molecule has 0 fully saturated rings. The van der Waals surface area contributed by atoms with Gasteiger partial charge in [-0.15, -0.1) is 0 Å².